The van der Waals surface area contributed by atoms with Crippen LogP contribution >= 0.6 is 0 Å². The van der Waals surface area contributed by atoms with Gasteiger partial charge in [-0.1, -0.05) is 77.3 Å². The Morgan fingerprint density at radius 2 is 1.24 bits per heavy atom. The van der Waals surface area contributed by atoms with Crippen LogP contribution in [0.1, 0.15) is 83.6 Å². The van der Waals surface area contributed by atoms with E-state index in [0.29, 0.717) is 0 Å². The largest absolute Gasteiger partial charge is 0.385 e. The smallest absolute Gasteiger partial charge is 0.0340 e. The van der Waals surface area contributed by atoms with Crippen molar-refractivity contribution in [2.45, 2.75) is 84.5 Å². The molecule has 0 atom stereocenters. The third kappa shape index (κ3) is 9.55. The Kier molecular flexibility index (Phi) is 11.0. The van der Waals surface area contributed by atoms with E-state index in [1.165, 1.54) is 81.9 Å². The molecule has 0 radical (unpaired) electrons. The summed E-state index contributed by atoms with van der Waals surface area (Å²) < 4.78 is 0. The molecular weight excluding hydrogens is 254 g/mol. The molecule has 1 N–H and O–H groups in total. The van der Waals surface area contributed by atoms with Crippen molar-refractivity contribution in [3.05, 3.63) is 29.8 Å². The van der Waals surface area contributed by atoms with Crippen LogP contribution in [-0.4, -0.2) is 6.54 Å². The second kappa shape index (κ2) is 12.7. The van der Waals surface area contributed by atoms with E-state index >= 15 is 0 Å². The first-order chi connectivity index (χ1) is 10.4. The molecule has 0 bridgehead atoms. The zero-order valence-corrected chi connectivity index (χ0v) is 14.3. The quantitative estimate of drug-likeness (QED) is 0.404. The Hall–Kier alpha value is -0.980. The molecule has 0 spiro atoms. The molecule has 0 saturated heterocycles. The third-order valence-corrected chi connectivity index (χ3v) is 4.13. The minimum Gasteiger partial charge on any atom is -0.385 e. The van der Waals surface area contributed by atoms with Gasteiger partial charge in [0.2, 0.25) is 0 Å². The molecule has 0 heterocycles. The van der Waals surface area contributed by atoms with Gasteiger partial charge in [-0.05, 0) is 37.0 Å². The summed E-state index contributed by atoms with van der Waals surface area (Å²) in [6.45, 7) is 5.64. The van der Waals surface area contributed by atoms with E-state index in [-0.39, 0.29) is 0 Å². The van der Waals surface area contributed by atoms with Crippen molar-refractivity contribution in [2.75, 3.05) is 11.9 Å². The van der Waals surface area contributed by atoms with Gasteiger partial charge in [0.25, 0.3) is 0 Å². The van der Waals surface area contributed by atoms with Crippen LogP contribution in [0.5, 0.6) is 0 Å². The van der Waals surface area contributed by atoms with Crippen LogP contribution in [-0.2, 0) is 6.42 Å². The second-order valence-corrected chi connectivity index (χ2v) is 6.20. The summed E-state index contributed by atoms with van der Waals surface area (Å²) in [5.41, 5.74) is 2.74. The van der Waals surface area contributed by atoms with Gasteiger partial charge < -0.3 is 5.32 Å². The lowest BCUT2D eigenvalue weighted by atomic mass is 10.1. The first kappa shape index (κ1) is 18.1. The Bertz CT molecular complexity index is 328. The maximum absolute atomic E-state index is 3.54. The van der Waals surface area contributed by atoms with E-state index in [9.17, 15) is 0 Å². The number of anilines is 1. The van der Waals surface area contributed by atoms with Gasteiger partial charge in [0, 0.05) is 12.2 Å². The minimum atomic E-state index is 1.11. The molecule has 0 unspecified atom stereocenters. The number of benzene rings is 1. The summed E-state index contributed by atoms with van der Waals surface area (Å²) in [5, 5.41) is 3.54. The van der Waals surface area contributed by atoms with Crippen LogP contribution < -0.4 is 5.32 Å². The summed E-state index contributed by atoms with van der Waals surface area (Å²) in [6, 6.07) is 9.00. The van der Waals surface area contributed by atoms with Crippen LogP contribution in [0.2, 0.25) is 0 Å². The predicted molar refractivity (Wildman–Crippen MR) is 96.2 cm³/mol. The highest BCUT2D eigenvalue weighted by Gasteiger charge is 1.95. The number of hydrogen-bond donors (Lipinski definition) is 1. The predicted octanol–water partition coefficient (Wildman–Crippen LogP) is 6.58. The summed E-state index contributed by atoms with van der Waals surface area (Å²) in [6.07, 6.45) is 14.9. The van der Waals surface area contributed by atoms with Gasteiger partial charge >= 0.3 is 0 Å². The van der Waals surface area contributed by atoms with Crippen LogP contribution in [0.15, 0.2) is 24.3 Å². The van der Waals surface area contributed by atoms with Crippen LogP contribution in [0.4, 0.5) is 5.69 Å². The Morgan fingerprint density at radius 3 is 1.86 bits per heavy atom. The van der Waals surface area contributed by atoms with Crippen molar-refractivity contribution in [1.82, 2.24) is 0 Å². The molecule has 0 amide bonds. The van der Waals surface area contributed by atoms with Crippen LogP contribution in [0.3, 0.4) is 0 Å². The van der Waals surface area contributed by atoms with Gasteiger partial charge in [-0.25, -0.2) is 0 Å². The standard InChI is InChI=1S/C20H35N/c1-3-5-7-8-9-10-11-12-18-21-20-16-14-19(15-17-20)13-6-4-2/h14-17,21H,3-13,18H2,1-2H3. The van der Waals surface area contributed by atoms with Gasteiger partial charge in [0.05, 0.1) is 0 Å². The molecule has 0 aliphatic rings. The summed E-state index contributed by atoms with van der Waals surface area (Å²) in [4.78, 5) is 0. The van der Waals surface area contributed by atoms with Crippen molar-refractivity contribution in [2.24, 2.45) is 0 Å². The number of hydrogen-bond acceptors (Lipinski definition) is 1. The fourth-order valence-corrected chi connectivity index (χ4v) is 2.66. The monoisotopic (exact) mass is 289 g/mol. The van der Waals surface area contributed by atoms with Gasteiger partial charge in [0.1, 0.15) is 0 Å². The van der Waals surface area contributed by atoms with Crippen molar-refractivity contribution in [3.8, 4) is 0 Å². The average Bonchev–Trinajstić information content (AvgIpc) is 2.52. The average molecular weight is 290 g/mol. The molecular formula is C20H35N. The Morgan fingerprint density at radius 1 is 0.667 bits per heavy atom. The van der Waals surface area contributed by atoms with Crippen molar-refractivity contribution in [1.29, 1.82) is 0 Å². The van der Waals surface area contributed by atoms with E-state index in [0.717, 1.165) is 6.54 Å². The zero-order valence-electron chi connectivity index (χ0n) is 14.3. The molecule has 120 valence electrons. The summed E-state index contributed by atoms with van der Waals surface area (Å²) >= 11 is 0. The third-order valence-electron chi connectivity index (χ3n) is 4.13. The Labute approximate surface area is 132 Å². The van der Waals surface area contributed by atoms with E-state index in [4.69, 9.17) is 0 Å². The van der Waals surface area contributed by atoms with E-state index in [2.05, 4.69) is 43.4 Å². The highest BCUT2D eigenvalue weighted by Crippen LogP contribution is 2.13. The zero-order chi connectivity index (χ0) is 15.2. The number of aryl methyl sites for hydroxylation is 1. The SMILES string of the molecule is CCCCCCCCCCNc1ccc(CCCC)cc1. The topological polar surface area (TPSA) is 12.0 Å². The molecule has 1 rings (SSSR count). The maximum Gasteiger partial charge on any atom is 0.0340 e. The van der Waals surface area contributed by atoms with E-state index < -0.39 is 0 Å². The molecule has 1 heteroatoms. The summed E-state index contributed by atoms with van der Waals surface area (Å²) in [5.74, 6) is 0. The van der Waals surface area contributed by atoms with E-state index in [1.54, 1.807) is 0 Å². The first-order valence-electron chi connectivity index (χ1n) is 9.19. The minimum absolute atomic E-state index is 1.11. The van der Waals surface area contributed by atoms with Gasteiger partial charge in [-0.2, -0.15) is 0 Å². The van der Waals surface area contributed by atoms with Crippen molar-refractivity contribution in [3.63, 3.8) is 0 Å². The normalized spacial score (nSPS) is 10.8. The molecule has 1 nitrogen and oxygen atoms in total. The first-order valence-corrected chi connectivity index (χ1v) is 9.19. The van der Waals surface area contributed by atoms with Crippen LogP contribution in [0, 0.1) is 0 Å². The molecule has 21 heavy (non-hydrogen) atoms. The highest BCUT2D eigenvalue weighted by molar-refractivity contribution is 5.44. The Balaban J connectivity index is 1.99. The molecule has 0 saturated carbocycles. The van der Waals surface area contributed by atoms with E-state index in [1.807, 2.05) is 0 Å². The molecule has 1 aromatic rings. The fraction of sp³-hybridized carbons (Fsp3) is 0.700. The highest BCUT2D eigenvalue weighted by atomic mass is 14.9. The van der Waals surface area contributed by atoms with Crippen molar-refractivity contribution >= 4 is 5.69 Å². The second-order valence-electron chi connectivity index (χ2n) is 6.20. The van der Waals surface area contributed by atoms with Gasteiger partial charge in [0.15, 0.2) is 0 Å². The number of rotatable bonds is 13. The van der Waals surface area contributed by atoms with Gasteiger partial charge in [-0.3, -0.25) is 0 Å². The maximum atomic E-state index is 3.54. The molecule has 0 fully saturated rings. The lowest BCUT2D eigenvalue weighted by molar-refractivity contribution is 0.581. The molecule has 1 aromatic carbocycles. The molecule has 0 aliphatic carbocycles. The van der Waals surface area contributed by atoms with Crippen LogP contribution in [0.25, 0.3) is 0 Å². The van der Waals surface area contributed by atoms with Gasteiger partial charge in [-0.15, -0.1) is 0 Å². The van der Waals surface area contributed by atoms with Crippen molar-refractivity contribution < 1.29 is 0 Å². The lowest BCUT2D eigenvalue weighted by Gasteiger charge is -2.07. The number of unbranched alkanes of at least 4 members (excludes halogenated alkanes) is 8. The summed E-state index contributed by atoms with van der Waals surface area (Å²) in [7, 11) is 0. The lowest BCUT2D eigenvalue weighted by Crippen LogP contribution is -2.01. The fourth-order valence-electron chi connectivity index (χ4n) is 2.66. The number of nitrogens with one attached hydrogen (secondary N) is 1. The molecule has 0 aliphatic heterocycles. The molecule has 0 aromatic heterocycles.